The van der Waals surface area contributed by atoms with Crippen molar-refractivity contribution in [1.29, 1.82) is 0 Å². The number of ether oxygens (including phenoxy) is 3. The van der Waals surface area contributed by atoms with Crippen molar-refractivity contribution in [2.24, 2.45) is 0 Å². The van der Waals surface area contributed by atoms with E-state index in [1.54, 1.807) is 0 Å². The predicted octanol–water partition coefficient (Wildman–Crippen LogP) is 22.0. The Kier molecular flexibility index (Phi) is 60.8. The van der Waals surface area contributed by atoms with Crippen LogP contribution in [0.5, 0.6) is 0 Å². The van der Waals surface area contributed by atoms with Crippen LogP contribution in [0.2, 0.25) is 0 Å². The van der Waals surface area contributed by atoms with E-state index in [0.29, 0.717) is 19.3 Å². The topological polar surface area (TPSA) is 78.9 Å². The molecule has 0 aromatic rings. The van der Waals surface area contributed by atoms with Gasteiger partial charge in [0.15, 0.2) is 6.10 Å². The standard InChI is InChI=1S/C71H118O6/c1-4-7-10-13-16-19-22-25-26-27-28-29-30-31-32-33-34-35-36-37-38-39-40-41-42-43-44-47-49-52-55-58-61-64-70(73)76-67-68(77-71(74)65-62-59-56-53-50-46-24-21-18-15-12-9-6-3)66-75-69(72)63-60-57-54-51-48-45-23-20-17-14-11-8-5-2/h7,9-12,14,16,18-21,23,25-26,28-29,46,50,56,59,68H,4-6,8,13,15,17,22,24,27,30-45,47-49,51-55,57-58,60-67H2,1-3H3/b10-7-,12-9-,14-11-,19-16-,21-18-,23-20-,26-25-,29-28-,50-46-,59-56-. The summed E-state index contributed by atoms with van der Waals surface area (Å²) in [6.45, 7) is 6.28. The molecule has 0 rings (SSSR count). The van der Waals surface area contributed by atoms with Crippen LogP contribution in [0.4, 0.5) is 0 Å². The van der Waals surface area contributed by atoms with Gasteiger partial charge in [0.05, 0.1) is 0 Å². The number of unbranched alkanes of at least 4 members (excludes halogenated alkanes) is 26. The normalized spacial score (nSPS) is 12.9. The molecule has 0 saturated heterocycles. The zero-order chi connectivity index (χ0) is 55.7. The van der Waals surface area contributed by atoms with E-state index in [0.717, 1.165) is 122 Å². The molecule has 0 aliphatic rings. The van der Waals surface area contributed by atoms with Crippen LogP contribution in [0.1, 0.15) is 290 Å². The summed E-state index contributed by atoms with van der Waals surface area (Å²) in [6, 6.07) is 0. The van der Waals surface area contributed by atoms with Gasteiger partial charge in [0, 0.05) is 19.3 Å². The molecular formula is C71H118O6. The van der Waals surface area contributed by atoms with Crippen molar-refractivity contribution in [2.75, 3.05) is 13.2 Å². The van der Waals surface area contributed by atoms with E-state index < -0.39 is 12.1 Å². The Hall–Kier alpha value is -4.19. The molecule has 0 saturated carbocycles. The average molecular weight is 1070 g/mol. The molecule has 0 N–H and O–H groups in total. The second-order valence-corrected chi connectivity index (χ2v) is 20.9. The van der Waals surface area contributed by atoms with Crippen LogP contribution >= 0.6 is 0 Å². The monoisotopic (exact) mass is 1070 g/mol. The SMILES string of the molecule is CC/C=C\C/C=C\C/C=C\C/C=C\CCCCCCCCCCCCCCCCCCCCCCC(=O)OCC(COC(=O)CCCCCCC/C=C\C/C=C\CCC)OC(=O)CC/C=C\C/C=C\C/C=C\C/C=C\CC. The van der Waals surface area contributed by atoms with Crippen LogP contribution in [0, 0.1) is 0 Å². The van der Waals surface area contributed by atoms with E-state index >= 15 is 0 Å². The van der Waals surface area contributed by atoms with Gasteiger partial charge in [0.2, 0.25) is 0 Å². The maximum Gasteiger partial charge on any atom is 0.306 e. The van der Waals surface area contributed by atoms with Crippen molar-refractivity contribution >= 4 is 17.9 Å². The van der Waals surface area contributed by atoms with E-state index in [9.17, 15) is 14.4 Å². The van der Waals surface area contributed by atoms with Crippen molar-refractivity contribution in [3.63, 3.8) is 0 Å². The molecule has 0 heterocycles. The first kappa shape index (κ1) is 72.8. The molecule has 77 heavy (non-hydrogen) atoms. The average Bonchev–Trinajstić information content (AvgIpc) is 3.43. The minimum absolute atomic E-state index is 0.111. The van der Waals surface area contributed by atoms with Gasteiger partial charge in [-0.15, -0.1) is 0 Å². The Bertz CT molecular complexity index is 1600. The molecule has 6 heteroatoms. The lowest BCUT2D eigenvalue weighted by molar-refractivity contribution is -0.166. The van der Waals surface area contributed by atoms with Gasteiger partial charge >= 0.3 is 17.9 Å². The van der Waals surface area contributed by atoms with Crippen LogP contribution < -0.4 is 0 Å². The van der Waals surface area contributed by atoms with Gasteiger partial charge in [-0.3, -0.25) is 14.4 Å². The third-order valence-corrected chi connectivity index (χ3v) is 13.4. The van der Waals surface area contributed by atoms with Crippen molar-refractivity contribution in [3.8, 4) is 0 Å². The maximum atomic E-state index is 12.8. The van der Waals surface area contributed by atoms with E-state index in [4.69, 9.17) is 14.2 Å². The largest absolute Gasteiger partial charge is 0.462 e. The van der Waals surface area contributed by atoms with Gasteiger partial charge in [-0.05, 0) is 109 Å². The van der Waals surface area contributed by atoms with Gasteiger partial charge in [0.1, 0.15) is 13.2 Å². The highest BCUT2D eigenvalue weighted by molar-refractivity contribution is 5.71. The number of esters is 3. The lowest BCUT2D eigenvalue weighted by Gasteiger charge is -2.18. The molecule has 0 aliphatic carbocycles. The highest BCUT2D eigenvalue weighted by Crippen LogP contribution is 2.16. The van der Waals surface area contributed by atoms with Crippen LogP contribution in [0.25, 0.3) is 0 Å². The Labute approximate surface area is 475 Å². The number of carbonyl (C=O) groups is 3. The maximum absolute atomic E-state index is 12.8. The van der Waals surface area contributed by atoms with Gasteiger partial charge in [-0.2, -0.15) is 0 Å². The number of hydrogen-bond acceptors (Lipinski definition) is 6. The molecule has 0 spiro atoms. The molecule has 0 fully saturated rings. The highest BCUT2D eigenvalue weighted by Gasteiger charge is 2.19. The summed E-state index contributed by atoms with van der Waals surface area (Å²) in [6.07, 6.45) is 89.6. The number of carbonyl (C=O) groups excluding carboxylic acids is 3. The lowest BCUT2D eigenvalue weighted by Crippen LogP contribution is -2.30. The first-order valence-electron chi connectivity index (χ1n) is 32.0. The van der Waals surface area contributed by atoms with Crippen molar-refractivity contribution in [1.82, 2.24) is 0 Å². The minimum Gasteiger partial charge on any atom is -0.462 e. The van der Waals surface area contributed by atoms with Crippen molar-refractivity contribution in [3.05, 3.63) is 122 Å². The minimum atomic E-state index is -0.822. The van der Waals surface area contributed by atoms with E-state index in [-0.39, 0.29) is 31.6 Å². The number of allylic oxidation sites excluding steroid dienone is 20. The molecule has 0 aromatic carbocycles. The zero-order valence-corrected chi connectivity index (χ0v) is 50.2. The van der Waals surface area contributed by atoms with Crippen molar-refractivity contribution < 1.29 is 28.6 Å². The zero-order valence-electron chi connectivity index (χ0n) is 50.2. The van der Waals surface area contributed by atoms with E-state index in [1.165, 1.54) is 122 Å². The smallest absolute Gasteiger partial charge is 0.306 e. The fourth-order valence-corrected chi connectivity index (χ4v) is 8.72. The molecule has 0 bridgehead atoms. The summed E-state index contributed by atoms with van der Waals surface area (Å²) in [7, 11) is 0. The van der Waals surface area contributed by atoms with Gasteiger partial charge in [0.25, 0.3) is 0 Å². The van der Waals surface area contributed by atoms with Gasteiger partial charge in [-0.1, -0.05) is 284 Å². The molecule has 6 nitrogen and oxygen atoms in total. The third kappa shape index (κ3) is 62.5. The van der Waals surface area contributed by atoms with Crippen LogP contribution in [0.3, 0.4) is 0 Å². The fourth-order valence-electron chi connectivity index (χ4n) is 8.72. The molecule has 0 aliphatic heterocycles. The Balaban J connectivity index is 4.15. The molecular weight excluding hydrogens is 949 g/mol. The third-order valence-electron chi connectivity index (χ3n) is 13.4. The fraction of sp³-hybridized carbons (Fsp3) is 0.676. The summed E-state index contributed by atoms with van der Waals surface area (Å²) in [5.74, 6) is -1.00. The van der Waals surface area contributed by atoms with E-state index in [2.05, 4.69) is 130 Å². The van der Waals surface area contributed by atoms with Crippen molar-refractivity contribution in [2.45, 2.75) is 297 Å². The molecule has 0 aromatic heterocycles. The second-order valence-electron chi connectivity index (χ2n) is 20.9. The quantitative estimate of drug-likeness (QED) is 0.0261. The second kappa shape index (κ2) is 64.3. The molecule has 438 valence electrons. The molecule has 1 unspecified atom stereocenters. The lowest BCUT2D eigenvalue weighted by atomic mass is 10.0. The van der Waals surface area contributed by atoms with Crippen LogP contribution in [-0.2, 0) is 28.6 Å². The predicted molar refractivity (Wildman–Crippen MR) is 334 cm³/mol. The van der Waals surface area contributed by atoms with Crippen LogP contribution in [-0.4, -0.2) is 37.2 Å². The Morgan fingerprint density at radius 2 is 0.532 bits per heavy atom. The Morgan fingerprint density at radius 1 is 0.273 bits per heavy atom. The summed E-state index contributed by atoms with van der Waals surface area (Å²) >= 11 is 0. The molecule has 0 amide bonds. The summed E-state index contributed by atoms with van der Waals surface area (Å²) in [5, 5.41) is 0. The Morgan fingerprint density at radius 3 is 0.844 bits per heavy atom. The van der Waals surface area contributed by atoms with Gasteiger partial charge in [-0.25, -0.2) is 0 Å². The molecule has 1 atom stereocenters. The summed E-state index contributed by atoms with van der Waals surface area (Å²) in [4.78, 5) is 38.1. The van der Waals surface area contributed by atoms with Crippen LogP contribution in [0.15, 0.2) is 122 Å². The molecule has 0 radical (unpaired) electrons. The first-order chi connectivity index (χ1) is 38.0. The van der Waals surface area contributed by atoms with Gasteiger partial charge < -0.3 is 14.2 Å². The number of hydrogen-bond donors (Lipinski definition) is 0. The number of rotatable bonds is 57. The summed E-state index contributed by atoms with van der Waals surface area (Å²) in [5.41, 5.74) is 0. The van der Waals surface area contributed by atoms with E-state index in [1.807, 2.05) is 12.2 Å². The summed E-state index contributed by atoms with van der Waals surface area (Å²) < 4.78 is 16.8. The first-order valence-corrected chi connectivity index (χ1v) is 32.0. The highest BCUT2D eigenvalue weighted by atomic mass is 16.6.